The molecule has 0 bridgehead atoms. The molecule has 3 rings (SSSR count). The molecule has 0 aromatic heterocycles. The van der Waals surface area contributed by atoms with Crippen molar-refractivity contribution in [3.63, 3.8) is 0 Å². The van der Waals surface area contributed by atoms with Crippen LogP contribution in [0.15, 0.2) is 24.3 Å². The smallest absolute Gasteiger partial charge is 0.407 e. The van der Waals surface area contributed by atoms with Gasteiger partial charge in [-0.2, -0.15) is 0 Å². The third-order valence-electron chi connectivity index (χ3n) is 6.62. The average Bonchev–Trinajstić information content (AvgIpc) is 2.80. The summed E-state index contributed by atoms with van der Waals surface area (Å²) >= 11 is 0. The number of para-hydroxylation sites is 1. The zero-order valence-corrected chi connectivity index (χ0v) is 21.4. The summed E-state index contributed by atoms with van der Waals surface area (Å²) in [7, 11) is 0. The highest BCUT2D eigenvalue weighted by Gasteiger charge is 2.30. The molecule has 1 aromatic rings. The second-order valence-corrected chi connectivity index (χ2v) is 10.6. The van der Waals surface area contributed by atoms with E-state index in [0.29, 0.717) is 25.6 Å². The summed E-state index contributed by atoms with van der Waals surface area (Å²) in [5.41, 5.74) is 0.690. The molecule has 2 fully saturated rings. The number of carboxylic acids is 1. The van der Waals surface area contributed by atoms with Crippen molar-refractivity contribution in [1.29, 1.82) is 0 Å². The van der Waals surface area contributed by atoms with Gasteiger partial charge in [-0.15, -0.1) is 0 Å². The second-order valence-electron chi connectivity index (χ2n) is 10.6. The highest BCUT2D eigenvalue weighted by Crippen LogP contribution is 2.38. The van der Waals surface area contributed by atoms with Crippen molar-refractivity contribution in [2.45, 2.75) is 102 Å². The summed E-state index contributed by atoms with van der Waals surface area (Å²) in [5.74, 6) is 0.486. The van der Waals surface area contributed by atoms with E-state index < -0.39 is 11.6 Å². The van der Waals surface area contributed by atoms with Crippen LogP contribution in [0.25, 0.3) is 0 Å². The quantitative estimate of drug-likeness (QED) is 0.411. The Morgan fingerprint density at radius 3 is 2.57 bits per heavy atom. The van der Waals surface area contributed by atoms with E-state index in [-0.39, 0.29) is 30.7 Å². The number of carbonyl (C=O) groups excluding carboxylic acids is 1. The Bertz CT molecular complexity index is 816. The third-order valence-corrected chi connectivity index (χ3v) is 6.62. The van der Waals surface area contributed by atoms with Crippen LogP contribution in [0.4, 0.5) is 4.79 Å². The minimum absolute atomic E-state index is 0.0000849. The van der Waals surface area contributed by atoms with E-state index in [1.165, 1.54) is 5.56 Å². The standard InChI is InChI=1S/C27H42N2O6/c1-27(2,3)35-26(32)29-22-9-6-16-28-23(22)18-34-20-14-12-19(13-15-20)21-8-4-5-10-24(21)33-17-7-11-25(30)31/h4-5,8,10,19-20,22-23,28H,6-7,9,11-18H2,1-3H3,(H,29,32)(H,30,31). The van der Waals surface area contributed by atoms with Crippen molar-refractivity contribution in [2.24, 2.45) is 0 Å². The van der Waals surface area contributed by atoms with Gasteiger partial charge in [-0.1, -0.05) is 18.2 Å². The predicted octanol–water partition coefficient (Wildman–Crippen LogP) is 4.62. The molecule has 1 aliphatic carbocycles. The van der Waals surface area contributed by atoms with E-state index in [0.717, 1.165) is 50.8 Å². The zero-order valence-electron chi connectivity index (χ0n) is 21.4. The number of rotatable bonds is 10. The number of aliphatic carboxylic acids is 1. The van der Waals surface area contributed by atoms with Crippen LogP contribution in [0, 0.1) is 0 Å². The maximum atomic E-state index is 12.3. The van der Waals surface area contributed by atoms with Crippen molar-refractivity contribution >= 4 is 12.1 Å². The number of nitrogens with one attached hydrogen (secondary N) is 2. The first-order chi connectivity index (χ1) is 16.7. The van der Waals surface area contributed by atoms with Crippen LogP contribution in [0.3, 0.4) is 0 Å². The van der Waals surface area contributed by atoms with Gasteiger partial charge in [0.1, 0.15) is 11.4 Å². The van der Waals surface area contributed by atoms with E-state index >= 15 is 0 Å². The van der Waals surface area contributed by atoms with Crippen LogP contribution in [0.5, 0.6) is 5.75 Å². The van der Waals surface area contributed by atoms with Crippen LogP contribution in [-0.4, -0.2) is 60.7 Å². The normalized spacial score (nSPS) is 25.0. The topological polar surface area (TPSA) is 106 Å². The Kier molecular flexibility index (Phi) is 10.2. The predicted molar refractivity (Wildman–Crippen MR) is 134 cm³/mol. The summed E-state index contributed by atoms with van der Waals surface area (Å²) in [6.45, 7) is 7.51. The second kappa shape index (κ2) is 13.1. The zero-order chi connectivity index (χ0) is 25.3. The number of alkyl carbamates (subject to hydrolysis) is 1. The van der Waals surface area contributed by atoms with Gasteiger partial charge in [-0.25, -0.2) is 4.79 Å². The summed E-state index contributed by atoms with van der Waals surface area (Å²) in [6, 6.07) is 8.18. The largest absolute Gasteiger partial charge is 0.493 e. The molecule has 0 spiro atoms. The SMILES string of the molecule is CC(C)(C)OC(=O)NC1CCCNC1COC1CCC(c2ccccc2OCCCC(=O)O)CC1. The number of carbonyl (C=O) groups is 2. The van der Waals surface area contributed by atoms with Gasteiger partial charge in [0.15, 0.2) is 0 Å². The Morgan fingerprint density at radius 1 is 1.11 bits per heavy atom. The lowest BCUT2D eigenvalue weighted by Crippen LogP contribution is -2.56. The van der Waals surface area contributed by atoms with Crippen molar-refractivity contribution in [1.82, 2.24) is 10.6 Å². The van der Waals surface area contributed by atoms with Crippen molar-refractivity contribution in [3.8, 4) is 5.75 Å². The third kappa shape index (κ3) is 9.33. The van der Waals surface area contributed by atoms with Gasteiger partial charge in [-0.05, 0) is 89.8 Å². The molecular weight excluding hydrogens is 448 g/mol. The Balaban J connectivity index is 1.45. The Labute approximate surface area is 209 Å². The summed E-state index contributed by atoms with van der Waals surface area (Å²) in [5, 5.41) is 15.3. The lowest BCUT2D eigenvalue weighted by atomic mass is 9.82. The van der Waals surface area contributed by atoms with Crippen LogP contribution >= 0.6 is 0 Å². The number of hydrogen-bond acceptors (Lipinski definition) is 6. The van der Waals surface area contributed by atoms with E-state index in [1.54, 1.807) is 0 Å². The maximum absolute atomic E-state index is 12.3. The van der Waals surface area contributed by atoms with Gasteiger partial charge in [0.2, 0.25) is 0 Å². The van der Waals surface area contributed by atoms with Crippen LogP contribution < -0.4 is 15.4 Å². The van der Waals surface area contributed by atoms with E-state index in [9.17, 15) is 9.59 Å². The number of piperidine rings is 1. The average molecular weight is 491 g/mol. The fourth-order valence-electron chi connectivity index (χ4n) is 4.89. The fraction of sp³-hybridized carbons (Fsp3) is 0.704. The molecule has 8 heteroatoms. The molecule has 1 amide bonds. The summed E-state index contributed by atoms with van der Waals surface area (Å²) in [4.78, 5) is 23.0. The lowest BCUT2D eigenvalue weighted by molar-refractivity contribution is -0.137. The molecule has 1 saturated carbocycles. The Morgan fingerprint density at radius 2 is 1.86 bits per heavy atom. The number of benzene rings is 1. The fourth-order valence-corrected chi connectivity index (χ4v) is 4.89. The lowest BCUT2D eigenvalue weighted by Gasteiger charge is -2.36. The molecular formula is C27H42N2O6. The molecule has 1 aromatic carbocycles. The van der Waals surface area contributed by atoms with Crippen LogP contribution in [-0.2, 0) is 14.3 Å². The van der Waals surface area contributed by atoms with Crippen LogP contribution in [0.2, 0.25) is 0 Å². The van der Waals surface area contributed by atoms with Gasteiger partial charge in [0, 0.05) is 12.5 Å². The molecule has 0 radical (unpaired) electrons. The highest BCUT2D eigenvalue weighted by atomic mass is 16.6. The summed E-state index contributed by atoms with van der Waals surface area (Å²) < 4.78 is 17.7. The first-order valence-electron chi connectivity index (χ1n) is 13.0. The van der Waals surface area contributed by atoms with E-state index in [4.69, 9.17) is 19.3 Å². The molecule has 2 unspecified atom stereocenters. The molecule has 1 saturated heterocycles. The van der Waals surface area contributed by atoms with E-state index in [2.05, 4.69) is 16.7 Å². The number of amides is 1. The van der Waals surface area contributed by atoms with Crippen LogP contribution in [0.1, 0.15) is 83.6 Å². The molecule has 1 heterocycles. The van der Waals surface area contributed by atoms with Gasteiger partial charge in [-0.3, -0.25) is 4.79 Å². The first-order valence-corrected chi connectivity index (χ1v) is 13.0. The minimum Gasteiger partial charge on any atom is -0.493 e. The van der Waals surface area contributed by atoms with Crippen molar-refractivity contribution in [2.75, 3.05) is 19.8 Å². The molecule has 8 nitrogen and oxygen atoms in total. The minimum atomic E-state index is -0.796. The van der Waals surface area contributed by atoms with Gasteiger partial charge in [0.25, 0.3) is 0 Å². The number of hydrogen-bond donors (Lipinski definition) is 3. The molecule has 3 N–H and O–H groups in total. The molecule has 35 heavy (non-hydrogen) atoms. The van der Waals surface area contributed by atoms with Crippen molar-refractivity contribution < 1.29 is 28.9 Å². The first kappa shape index (κ1) is 27.3. The number of carboxylic acid groups (broad SMARTS) is 1. The van der Waals surface area contributed by atoms with E-state index in [1.807, 2.05) is 39.0 Å². The Hall–Kier alpha value is -2.32. The van der Waals surface area contributed by atoms with Gasteiger partial charge in [0.05, 0.1) is 25.4 Å². The molecule has 2 aliphatic rings. The highest BCUT2D eigenvalue weighted by molar-refractivity contribution is 5.68. The van der Waals surface area contributed by atoms with Gasteiger partial charge >= 0.3 is 12.1 Å². The molecule has 2 atom stereocenters. The van der Waals surface area contributed by atoms with Crippen molar-refractivity contribution in [3.05, 3.63) is 29.8 Å². The number of ether oxygens (including phenoxy) is 3. The monoisotopic (exact) mass is 490 g/mol. The molecule has 196 valence electrons. The summed E-state index contributed by atoms with van der Waals surface area (Å²) in [6.07, 6.45) is 6.40. The maximum Gasteiger partial charge on any atom is 0.407 e. The molecule has 1 aliphatic heterocycles. The van der Waals surface area contributed by atoms with Gasteiger partial charge < -0.3 is 30.0 Å².